The van der Waals surface area contributed by atoms with Gasteiger partial charge in [-0.2, -0.15) is 0 Å². The zero-order chi connectivity index (χ0) is 14.8. The fourth-order valence-electron chi connectivity index (χ4n) is 2.90. The van der Waals surface area contributed by atoms with Gasteiger partial charge in [-0.15, -0.1) is 0 Å². The molecule has 108 valence electrons. The van der Waals surface area contributed by atoms with Gasteiger partial charge in [-0.25, -0.2) is 0 Å². The standard InChI is InChI=1S/C14H20BNO4/c1-15(20)16-9-7-14(19,8-10-16)12(13(17)18)11-5-3-2-4-6-11/h2-6,12,19-20H,7-10H2,1H3,(H,17,18). The minimum Gasteiger partial charge on any atom is -0.481 e. The quantitative estimate of drug-likeness (QED) is 0.709. The van der Waals surface area contributed by atoms with Crippen molar-refractivity contribution in [1.29, 1.82) is 0 Å². The fourth-order valence-corrected chi connectivity index (χ4v) is 2.90. The molecule has 0 radical (unpaired) electrons. The van der Waals surface area contributed by atoms with Gasteiger partial charge in [0.25, 0.3) is 0 Å². The van der Waals surface area contributed by atoms with Gasteiger partial charge in [0.2, 0.25) is 0 Å². The average Bonchev–Trinajstić information content (AvgIpc) is 2.39. The van der Waals surface area contributed by atoms with Crippen LogP contribution in [0.15, 0.2) is 30.3 Å². The number of carboxylic acid groups (broad SMARTS) is 1. The van der Waals surface area contributed by atoms with Crippen molar-refractivity contribution in [3.05, 3.63) is 35.9 Å². The first-order chi connectivity index (χ1) is 9.44. The molecule has 0 bridgehead atoms. The first-order valence-electron chi connectivity index (χ1n) is 6.86. The third-order valence-electron chi connectivity index (χ3n) is 4.11. The summed E-state index contributed by atoms with van der Waals surface area (Å²) in [5.74, 6) is -1.94. The summed E-state index contributed by atoms with van der Waals surface area (Å²) in [6.45, 7) is 2.66. The van der Waals surface area contributed by atoms with Crippen LogP contribution >= 0.6 is 0 Å². The number of nitrogens with zero attached hydrogens (tertiary/aromatic N) is 1. The molecule has 20 heavy (non-hydrogen) atoms. The molecule has 5 nitrogen and oxygen atoms in total. The van der Waals surface area contributed by atoms with Crippen LogP contribution in [0.3, 0.4) is 0 Å². The average molecular weight is 277 g/mol. The SMILES string of the molecule is CB(O)N1CCC(O)(C(C(=O)O)c2ccccc2)CC1. The van der Waals surface area contributed by atoms with Crippen LogP contribution in [0.5, 0.6) is 0 Å². The van der Waals surface area contributed by atoms with Crippen molar-refractivity contribution in [2.45, 2.75) is 31.2 Å². The van der Waals surface area contributed by atoms with Crippen molar-refractivity contribution < 1.29 is 20.0 Å². The molecule has 1 fully saturated rings. The van der Waals surface area contributed by atoms with E-state index in [1.54, 1.807) is 31.1 Å². The van der Waals surface area contributed by atoms with Crippen molar-refractivity contribution >= 4 is 13.0 Å². The second kappa shape index (κ2) is 5.95. The van der Waals surface area contributed by atoms with Crippen LogP contribution in [0.1, 0.15) is 24.3 Å². The summed E-state index contributed by atoms with van der Waals surface area (Å²) in [7, 11) is -0.570. The van der Waals surface area contributed by atoms with E-state index in [0.29, 0.717) is 31.5 Å². The van der Waals surface area contributed by atoms with Crippen molar-refractivity contribution in [3.8, 4) is 0 Å². The van der Waals surface area contributed by atoms with Gasteiger partial charge in [0.05, 0.1) is 5.60 Å². The minimum absolute atomic E-state index is 0.337. The monoisotopic (exact) mass is 277 g/mol. The molecule has 1 aromatic carbocycles. The van der Waals surface area contributed by atoms with Gasteiger partial charge in [-0.05, 0) is 38.3 Å². The van der Waals surface area contributed by atoms with Crippen LogP contribution in [-0.4, -0.2) is 51.8 Å². The number of aliphatic hydroxyl groups is 1. The minimum atomic E-state index is -1.27. The third kappa shape index (κ3) is 3.03. The van der Waals surface area contributed by atoms with E-state index in [9.17, 15) is 20.0 Å². The second-order valence-corrected chi connectivity index (χ2v) is 5.45. The Kier molecular flexibility index (Phi) is 4.47. The predicted octanol–water partition coefficient (Wildman–Crippen LogP) is 0.792. The molecule has 6 heteroatoms. The summed E-state index contributed by atoms with van der Waals surface area (Å²) in [6, 6.07) is 8.84. The van der Waals surface area contributed by atoms with Gasteiger partial charge in [0.1, 0.15) is 5.92 Å². The Balaban J connectivity index is 2.21. The van der Waals surface area contributed by atoms with Crippen LogP contribution in [-0.2, 0) is 4.79 Å². The summed E-state index contributed by atoms with van der Waals surface area (Å²) in [5, 5.41) is 29.8. The van der Waals surface area contributed by atoms with Gasteiger partial charge in [0, 0.05) is 0 Å². The van der Waals surface area contributed by atoms with Crippen molar-refractivity contribution in [1.82, 2.24) is 4.81 Å². The van der Waals surface area contributed by atoms with E-state index in [-0.39, 0.29) is 0 Å². The molecule has 0 aromatic heterocycles. The summed E-state index contributed by atoms with van der Waals surface area (Å²) in [5.41, 5.74) is -0.647. The van der Waals surface area contributed by atoms with Crippen molar-refractivity contribution in [3.63, 3.8) is 0 Å². The smallest absolute Gasteiger partial charge is 0.376 e. The Morgan fingerprint density at radius 3 is 2.30 bits per heavy atom. The predicted molar refractivity (Wildman–Crippen MR) is 76.4 cm³/mol. The first-order valence-corrected chi connectivity index (χ1v) is 6.86. The maximum Gasteiger partial charge on any atom is 0.376 e. The van der Waals surface area contributed by atoms with Crippen LogP contribution < -0.4 is 0 Å². The van der Waals surface area contributed by atoms with Gasteiger partial charge in [0.15, 0.2) is 0 Å². The Morgan fingerprint density at radius 1 is 1.30 bits per heavy atom. The number of benzene rings is 1. The number of piperidine rings is 1. The van der Waals surface area contributed by atoms with E-state index in [2.05, 4.69) is 0 Å². The van der Waals surface area contributed by atoms with Gasteiger partial charge >= 0.3 is 13.0 Å². The lowest BCUT2D eigenvalue weighted by atomic mass is 9.72. The third-order valence-corrected chi connectivity index (χ3v) is 4.11. The highest BCUT2D eigenvalue weighted by molar-refractivity contribution is 6.45. The Labute approximate surface area is 119 Å². The van der Waals surface area contributed by atoms with Crippen molar-refractivity contribution in [2.75, 3.05) is 13.1 Å². The summed E-state index contributed by atoms with van der Waals surface area (Å²) in [6.07, 6.45) is 0.674. The summed E-state index contributed by atoms with van der Waals surface area (Å²) in [4.78, 5) is 13.4. The molecular formula is C14H20BNO4. The zero-order valence-corrected chi connectivity index (χ0v) is 11.6. The molecule has 1 aliphatic heterocycles. The van der Waals surface area contributed by atoms with Crippen LogP contribution in [0.4, 0.5) is 0 Å². The molecule has 0 spiro atoms. The lowest BCUT2D eigenvalue weighted by Crippen LogP contribution is -2.53. The number of carboxylic acids is 1. The lowest BCUT2D eigenvalue weighted by Gasteiger charge is -2.42. The van der Waals surface area contributed by atoms with E-state index in [1.807, 2.05) is 10.9 Å². The number of rotatable bonds is 4. The highest BCUT2D eigenvalue weighted by atomic mass is 16.4. The molecule has 1 saturated heterocycles. The number of hydrogen-bond acceptors (Lipinski definition) is 4. The van der Waals surface area contributed by atoms with E-state index < -0.39 is 24.5 Å². The molecule has 1 aliphatic rings. The molecule has 1 aromatic rings. The van der Waals surface area contributed by atoms with E-state index in [0.717, 1.165) is 0 Å². The topological polar surface area (TPSA) is 81.0 Å². The largest absolute Gasteiger partial charge is 0.481 e. The van der Waals surface area contributed by atoms with Crippen LogP contribution in [0, 0.1) is 0 Å². The summed E-state index contributed by atoms with van der Waals surface area (Å²) < 4.78 is 0. The lowest BCUT2D eigenvalue weighted by molar-refractivity contribution is -0.148. The molecule has 1 atom stereocenters. The van der Waals surface area contributed by atoms with Gasteiger partial charge in [-0.3, -0.25) is 4.79 Å². The Hall–Kier alpha value is -1.37. The first kappa shape index (κ1) is 15.0. The van der Waals surface area contributed by atoms with Crippen LogP contribution in [0.2, 0.25) is 6.82 Å². The molecule has 3 N–H and O–H groups in total. The van der Waals surface area contributed by atoms with E-state index >= 15 is 0 Å². The van der Waals surface area contributed by atoms with E-state index in [4.69, 9.17) is 0 Å². The van der Waals surface area contributed by atoms with Gasteiger partial charge < -0.3 is 20.0 Å². The normalized spacial score (nSPS) is 20.4. The molecule has 0 aliphatic carbocycles. The van der Waals surface area contributed by atoms with Gasteiger partial charge in [-0.1, -0.05) is 30.3 Å². The van der Waals surface area contributed by atoms with Crippen LogP contribution in [0.25, 0.3) is 0 Å². The Bertz CT molecular complexity index is 458. The van der Waals surface area contributed by atoms with E-state index in [1.165, 1.54) is 0 Å². The highest BCUT2D eigenvalue weighted by Gasteiger charge is 2.45. The molecular weight excluding hydrogens is 257 g/mol. The second-order valence-electron chi connectivity index (χ2n) is 5.45. The molecule has 2 rings (SSSR count). The summed E-state index contributed by atoms with van der Waals surface area (Å²) >= 11 is 0. The number of carbonyl (C=O) groups is 1. The maximum absolute atomic E-state index is 11.6. The highest BCUT2D eigenvalue weighted by Crippen LogP contribution is 2.37. The number of hydrogen-bond donors (Lipinski definition) is 3. The van der Waals surface area contributed by atoms with Crippen molar-refractivity contribution in [2.24, 2.45) is 0 Å². The molecule has 1 unspecified atom stereocenters. The Morgan fingerprint density at radius 2 is 1.85 bits per heavy atom. The molecule has 1 heterocycles. The molecule has 0 amide bonds. The fraction of sp³-hybridized carbons (Fsp3) is 0.500. The maximum atomic E-state index is 11.6. The number of aliphatic carboxylic acids is 1. The zero-order valence-electron chi connectivity index (χ0n) is 11.6. The molecule has 0 saturated carbocycles.